The summed E-state index contributed by atoms with van der Waals surface area (Å²) in [6.45, 7) is -0.358. The molecule has 5 nitrogen and oxygen atoms in total. The summed E-state index contributed by atoms with van der Waals surface area (Å²) in [4.78, 5) is 26.8. The van der Waals surface area contributed by atoms with Crippen LogP contribution in [0, 0.1) is 5.82 Å². The van der Waals surface area contributed by atoms with Crippen LogP contribution in [0.3, 0.4) is 0 Å². The molecule has 10 heteroatoms. The summed E-state index contributed by atoms with van der Waals surface area (Å²) in [7, 11) is 1.41. The molecular weight excluding hydrogens is 436 g/mol. The highest BCUT2D eigenvalue weighted by atomic mass is 32.1. The van der Waals surface area contributed by atoms with Crippen LogP contribution in [0.25, 0.3) is 10.1 Å². The van der Waals surface area contributed by atoms with Gasteiger partial charge in [-0.05, 0) is 30.3 Å². The van der Waals surface area contributed by atoms with Gasteiger partial charge in [-0.15, -0.1) is 11.3 Å². The molecule has 164 valence electrons. The lowest BCUT2D eigenvalue weighted by atomic mass is 10.1. The summed E-state index contributed by atoms with van der Waals surface area (Å²) < 4.78 is 58.9. The molecule has 0 aliphatic rings. The minimum absolute atomic E-state index is 0.0282. The van der Waals surface area contributed by atoms with Gasteiger partial charge in [-0.2, -0.15) is 13.2 Å². The van der Waals surface area contributed by atoms with E-state index in [0.717, 1.165) is 28.4 Å². The Balaban J connectivity index is 1.80. The normalized spacial score (nSPS) is 11.5. The zero-order valence-corrected chi connectivity index (χ0v) is 17.1. The van der Waals surface area contributed by atoms with Crippen molar-refractivity contribution < 1.29 is 31.9 Å². The maximum atomic E-state index is 14.0. The molecule has 0 saturated carbocycles. The Morgan fingerprint density at radius 1 is 1.13 bits per heavy atom. The first-order chi connectivity index (χ1) is 14.7. The van der Waals surface area contributed by atoms with Crippen LogP contribution >= 0.6 is 11.3 Å². The zero-order chi connectivity index (χ0) is 22.6. The molecule has 0 fully saturated rings. The molecule has 0 saturated heterocycles. The van der Waals surface area contributed by atoms with Crippen LogP contribution in [-0.2, 0) is 15.7 Å². The van der Waals surface area contributed by atoms with Gasteiger partial charge >= 0.3 is 6.18 Å². The number of thiophene rings is 1. The molecule has 0 atom stereocenters. The Hall–Kier alpha value is -2.98. The first-order valence-electron chi connectivity index (χ1n) is 9.13. The van der Waals surface area contributed by atoms with Gasteiger partial charge in [0.1, 0.15) is 12.4 Å². The van der Waals surface area contributed by atoms with E-state index in [-0.39, 0.29) is 23.4 Å². The largest absolute Gasteiger partial charge is 0.418 e. The molecule has 2 aromatic carbocycles. The molecule has 0 unspecified atom stereocenters. The second-order valence-corrected chi connectivity index (χ2v) is 7.66. The van der Waals surface area contributed by atoms with Crippen LogP contribution in [0.4, 0.5) is 23.2 Å². The van der Waals surface area contributed by atoms with Gasteiger partial charge in [0.25, 0.3) is 5.91 Å². The number of ether oxygens (including phenoxy) is 1. The molecule has 31 heavy (non-hydrogen) atoms. The van der Waals surface area contributed by atoms with Gasteiger partial charge in [0.2, 0.25) is 5.91 Å². The quantitative estimate of drug-likeness (QED) is 0.523. The number of hydrogen-bond donors (Lipinski definition) is 1. The van der Waals surface area contributed by atoms with Crippen molar-refractivity contribution in [1.29, 1.82) is 0 Å². The van der Waals surface area contributed by atoms with Crippen molar-refractivity contribution in [2.75, 3.05) is 32.1 Å². The van der Waals surface area contributed by atoms with Gasteiger partial charge in [-0.1, -0.05) is 18.2 Å². The van der Waals surface area contributed by atoms with Gasteiger partial charge in [-0.3, -0.25) is 9.59 Å². The highest BCUT2D eigenvalue weighted by Gasteiger charge is 2.33. The smallest absolute Gasteiger partial charge is 0.383 e. The lowest BCUT2D eigenvalue weighted by Crippen LogP contribution is -2.39. The van der Waals surface area contributed by atoms with E-state index in [1.807, 2.05) is 0 Å². The number of fused-ring (bicyclic) bond motifs is 1. The Bertz CT molecular complexity index is 1100. The number of carbonyl (C=O) groups is 2. The average Bonchev–Trinajstić information content (AvgIpc) is 3.16. The van der Waals surface area contributed by atoms with E-state index in [1.54, 1.807) is 6.07 Å². The lowest BCUT2D eigenvalue weighted by molar-refractivity contribution is -0.137. The summed E-state index contributed by atoms with van der Waals surface area (Å²) in [5.41, 5.74) is -1.39. The Morgan fingerprint density at radius 2 is 1.87 bits per heavy atom. The third-order valence-electron chi connectivity index (χ3n) is 4.41. The topological polar surface area (TPSA) is 58.6 Å². The number of benzene rings is 2. The van der Waals surface area contributed by atoms with Crippen molar-refractivity contribution in [2.45, 2.75) is 6.18 Å². The molecule has 1 aromatic heterocycles. The number of para-hydroxylation sites is 1. The summed E-state index contributed by atoms with van der Waals surface area (Å²) >= 11 is 1.07. The van der Waals surface area contributed by atoms with Crippen molar-refractivity contribution in [3.8, 4) is 0 Å². The zero-order valence-electron chi connectivity index (χ0n) is 16.3. The van der Waals surface area contributed by atoms with E-state index in [1.165, 1.54) is 37.4 Å². The molecule has 0 aliphatic carbocycles. The van der Waals surface area contributed by atoms with Crippen LogP contribution in [-0.4, -0.2) is 43.5 Å². The average molecular weight is 454 g/mol. The fourth-order valence-electron chi connectivity index (χ4n) is 2.94. The van der Waals surface area contributed by atoms with E-state index >= 15 is 0 Å². The summed E-state index contributed by atoms with van der Waals surface area (Å²) in [5, 5.41) is 2.50. The predicted octanol–water partition coefficient (Wildman–Crippen LogP) is 4.79. The molecular formula is C21H18F4N2O3S. The SMILES string of the molecule is COCCN(CC(=O)Nc1ccccc1C(F)(F)F)C(=O)c1cc2c(F)cccc2s1. The third-order valence-corrected chi connectivity index (χ3v) is 5.50. The fourth-order valence-corrected chi connectivity index (χ4v) is 3.99. The molecule has 3 rings (SSSR count). The number of amides is 2. The van der Waals surface area contributed by atoms with Crippen LogP contribution in [0.2, 0.25) is 0 Å². The molecule has 1 N–H and O–H groups in total. The fraction of sp³-hybridized carbons (Fsp3) is 0.238. The van der Waals surface area contributed by atoms with Crippen molar-refractivity contribution in [2.24, 2.45) is 0 Å². The van der Waals surface area contributed by atoms with Gasteiger partial charge in [-0.25, -0.2) is 4.39 Å². The summed E-state index contributed by atoms with van der Waals surface area (Å²) in [6, 6.07) is 10.4. The number of hydrogen-bond acceptors (Lipinski definition) is 4. The van der Waals surface area contributed by atoms with Crippen LogP contribution in [0.1, 0.15) is 15.2 Å². The molecule has 0 bridgehead atoms. The summed E-state index contributed by atoms with van der Waals surface area (Å²) in [5.74, 6) is -1.82. The summed E-state index contributed by atoms with van der Waals surface area (Å²) in [6.07, 6.45) is -4.64. The lowest BCUT2D eigenvalue weighted by Gasteiger charge is -2.22. The van der Waals surface area contributed by atoms with Gasteiger partial charge in [0.15, 0.2) is 0 Å². The van der Waals surface area contributed by atoms with Gasteiger partial charge < -0.3 is 15.0 Å². The van der Waals surface area contributed by atoms with E-state index in [0.29, 0.717) is 4.70 Å². The Morgan fingerprint density at radius 3 is 2.55 bits per heavy atom. The standard InChI is InChI=1S/C21H18F4N2O3S/c1-30-10-9-27(20(29)18-11-13-15(22)6-4-8-17(13)31-18)12-19(28)26-16-7-3-2-5-14(16)21(23,24)25/h2-8,11H,9-10,12H2,1H3,(H,26,28). The monoisotopic (exact) mass is 454 g/mol. The van der Waals surface area contributed by atoms with Crippen molar-refractivity contribution >= 4 is 38.9 Å². The van der Waals surface area contributed by atoms with E-state index < -0.39 is 41.6 Å². The highest BCUT2D eigenvalue weighted by Crippen LogP contribution is 2.34. The molecule has 1 heterocycles. The van der Waals surface area contributed by atoms with E-state index in [2.05, 4.69) is 5.32 Å². The number of halogens is 4. The highest BCUT2D eigenvalue weighted by molar-refractivity contribution is 7.20. The molecule has 0 radical (unpaired) electrons. The number of methoxy groups -OCH3 is 1. The van der Waals surface area contributed by atoms with Crippen molar-refractivity contribution in [3.05, 3.63) is 64.8 Å². The van der Waals surface area contributed by atoms with Crippen molar-refractivity contribution in [3.63, 3.8) is 0 Å². The van der Waals surface area contributed by atoms with Crippen LogP contribution in [0.15, 0.2) is 48.5 Å². The van der Waals surface area contributed by atoms with Gasteiger partial charge in [0, 0.05) is 23.7 Å². The first-order valence-corrected chi connectivity index (χ1v) is 9.94. The molecule has 0 aliphatic heterocycles. The maximum absolute atomic E-state index is 14.0. The minimum Gasteiger partial charge on any atom is -0.383 e. The van der Waals surface area contributed by atoms with E-state index in [4.69, 9.17) is 4.74 Å². The number of nitrogens with one attached hydrogen (secondary N) is 1. The Labute approximate surface area is 179 Å². The third kappa shape index (κ3) is 5.39. The van der Waals surface area contributed by atoms with E-state index in [9.17, 15) is 27.2 Å². The van der Waals surface area contributed by atoms with Crippen LogP contribution in [0.5, 0.6) is 0 Å². The second-order valence-electron chi connectivity index (χ2n) is 6.57. The number of alkyl halides is 3. The van der Waals surface area contributed by atoms with Crippen molar-refractivity contribution in [1.82, 2.24) is 4.90 Å². The maximum Gasteiger partial charge on any atom is 0.418 e. The van der Waals surface area contributed by atoms with Gasteiger partial charge in [0.05, 0.1) is 22.7 Å². The number of anilines is 1. The Kier molecular flexibility index (Phi) is 6.91. The molecule has 3 aromatic rings. The number of carbonyl (C=O) groups excluding carboxylic acids is 2. The predicted molar refractivity (Wildman–Crippen MR) is 110 cm³/mol. The number of rotatable bonds is 7. The van der Waals surface area contributed by atoms with Crippen LogP contribution < -0.4 is 5.32 Å². The molecule has 2 amide bonds. The minimum atomic E-state index is -4.64. The number of nitrogens with zero attached hydrogens (tertiary/aromatic N) is 1. The first kappa shape index (κ1) is 22.7. The second kappa shape index (κ2) is 9.44. The molecule has 0 spiro atoms.